The van der Waals surface area contributed by atoms with E-state index in [1.807, 2.05) is 0 Å². The van der Waals surface area contributed by atoms with Gasteiger partial charge in [-0.3, -0.25) is 14.4 Å². The van der Waals surface area contributed by atoms with Crippen molar-refractivity contribution in [1.29, 1.82) is 0 Å². The van der Waals surface area contributed by atoms with Crippen molar-refractivity contribution < 1.29 is 28.3 Å². The quantitative estimate of drug-likeness (QED) is 0.315. The van der Waals surface area contributed by atoms with E-state index in [1.54, 1.807) is 0 Å². The van der Waals surface area contributed by atoms with Gasteiger partial charge < -0.3 is 20.7 Å². The molecule has 166 valence electrons. The number of aromatic amines is 1. The molecule has 1 aliphatic rings. The molecule has 3 aromatic rings. The molecule has 0 saturated heterocycles. The van der Waals surface area contributed by atoms with Gasteiger partial charge in [0.25, 0.3) is 5.91 Å². The van der Waals surface area contributed by atoms with Crippen LogP contribution in [0, 0.1) is 17.6 Å². The van der Waals surface area contributed by atoms with Crippen LogP contribution in [0.2, 0.25) is 0 Å². The lowest BCUT2D eigenvalue weighted by Crippen LogP contribution is -2.25. The highest BCUT2D eigenvalue weighted by atomic mass is 19.1. The van der Waals surface area contributed by atoms with Crippen LogP contribution in [0.1, 0.15) is 45.5 Å². The first-order valence-corrected chi connectivity index (χ1v) is 10.1. The molecule has 1 fully saturated rings. The topological polar surface area (TPSA) is 124 Å². The zero-order valence-corrected chi connectivity index (χ0v) is 16.9. The van der Waals surface area contributed by atoms with Gasteiger partial charge >= 0.3 is 0 Å². The molecule has 0 aliphatic heterocycles. The molecular formula is C22H20F2N4O4. The zero-order valence-electron chi connectivity index (χ0n) is 16.9. The van der Waals surface area contributed by atoms with E-state index in [1.165, 1.54) is 18.5 Å². The summed E-state index contributed by atoms with van der Waals surface area (Å²) in [5.41, 5.74) is -0.700. The van der Waals surface area contributed by atoms with Crippen LogP contribution in [0.25, 0.3) is 10.9 Å². The average Bonchev–Trinajstić information content (AvgIpc) is 3.52. The standard InChI is InChI=1S/C22H20F2N4O4/c23-15-8-12(21(31)26-5-1-7-29)9-16(24)17(15)19(30)14-10-27-18-13(14)4-6-25-20(18)28-22(32)11-2-3-11/h4,6,8-11,27,29H,1-3,5,7H2,(H,26,31)(H,25,28,32). The van der Waals surface area contributed by atoms with Crippen molar-refractivity contribution in [2.24, 2.45) is 5.92 Å². The Kier molecular flexibility index (Phi) is 5.95. The van der Waals surface area contributed by atoms with Gasteiger partial charge in [-0.1, -0.05) is 0 Å². The predicted molar refractivity (Wildman–Crippen MR) is 111 cm³/mol. The van der Waals surface area contributed by atoms with Crippen molar-refractivity contribution in [2.45, 2.75) is 19.3 Å². The molecule has 2 heterocycles. The molecule has 0 atom stereocenters. The zero-order chi connectivity index (χ0) is 22.8. The first kappa shape index (κ1) is 21.6. The molecule has 1 saturated carbocycles. The summed E-state index contributed by atoms with van der Waals surface area (Å²) in [4.78, 5) is 44.0. The maximum absolute atomic E-state index is 14.7. The molecule has 0 unspecified atom stereocenters. The molecule has 1 aromatic carbocycles. The third kappa shape index (κ3) is 4.22. The Labute approximate surface area is 181 Å². The highest BCUT2D eigenvalue weighted by molar-refractivity contribution is 6.18. The van der Waals surface area contributed by atoms with E-state index in [0.29, 0.717) is 17.3 Å². The lowest BCUT2D eigenvalue weighted by Gasteiger charge is -2.08. The lowest BCUT2D eigenvalue weighted by atomic mass is 10.00. The van der Waals surface area contributed by atoms with Gasteiger partial charge in [-0.15, -0.1) is 0 Å². The van der Waals surface area contributed by atoms with E-state index in [4.69, 9.17) is 5.11 Å². The van der Waals surface area contributed by atoms with E-state index in [2.05, 4.69) is 20.6 Å². The van der Waals surface area contributed by atoms with Gasteiger partial charge in [0.1, 0.15) is 11.6 Å². The van der Waals surface area contributed by atoms with E-state index < -0.39 is 28.9 Å². The summed E-state index contributed by atoms with van der Waals surface area (Å²) >= 11 is 0. The number of halogens is 2. The number of aliphatic hydroxyl groups is 1. The third-order valence-corrected chi connectivity index (χ3v) is 5.19. The molecular weight excluding hydrogens is 422 g/mol. The van der Waals surface area contributed by atoms with Crippen LogP contribution in [0.3, 0.4) is 0 Å². The number of hydrogen-bond donors (Lipinski definition) is 4. The molecule has 2 aromatic heterocycles. The number of hydrogen-bond acceptors (Lipinski definition) is 5. The van der Waals surface area contributed by atoms with Gasteiger partial charge in [0.15, 0.2) is 5.82 Å². The van der Waals surface area contributed by atoms with Gasteiger partial charge in [-0.2, -0.15) is 0 Å². The van der Waals surface area contributed by atoms with Crippen LogP contribution in [0.15, 0.2) is 30.6 Å². The molecule has 0 radical (unpaired) electrons. The molecule has 2 amide bonds. The minimum absolute atomic E-state index is 0.00210. The van der Waals surface area contributed by atoms with Crippen molar-refractivity contribution in [2.75, 3.05) is 18.5 Å². The Morgan fingerprint density at radius 2 is 1.91 bits per heavy atom. The number of aliphatic hydroxyl groups excluding tert-OH is 1. The van der Waals surface area contributed by atoms with Crippen LogP contribution in [0.5, 0.6) is 0 Å². The normalized spacial score (nSPS) is 13.2. The summed E-state index contributed by atoms with van der Waals surface area (Å²) in [7, 11) is 0. The number of anilines is 1. The van der Waals surface area contributed by atoms with E-state index in [9.17, 15) is 23.2 Å². The van der Waals surface area contributed by atoms with Crippen LogP contribution < -0.4 is 10.6 Å². The Bertz CT molecular complexity index is 1200. The minimum atomic E-state index is -1.17. The molecule has 0 bridgehead atoms. The largest absolute Gasteiger partial charge is 0.396 e. The average molecular weight is 442 g/mol. The number of H-pyrrole nitrogens is 1. The Morgan fingerprint density at radius 1 is 1.19 bits per heavy atom. The second-order valence-corrected chi connectivity index (χ2v) is 7.53. The van der Waals surface area contributed by atoms with Gasteiger partial charge in [0.05, 0.1) is 11.1 Å². The highest BCUT2D eigenvalue weighted by Gasteiger charge is 2.30. The number of nitrogens with zero attached hydrogens (tertiary/aromatic N) is 1. The van der Waals surface area contributed by atoms with Gasteiger partial charge in [-0.25, -0.2) is 13.8 Å². The summed E-state index contributed by atoms with van der Waals surface area (Å²) < 4.78 is 29.4. The van der Waals surface area contributed by atoms with Gasteiger partial charge in [-0.05, 0) is 37.5 Å². The summed E-state index contributed by atoms with van der Waals surface area (Å²) in [5, 5.41) is 14.2. The van der Waals surface area contributed by atoms with Crippen molar-refractivity contribution in [3.63, 3.8) is 0 Å². The van der Waals surface area contributed by atoms with E-state index in [-0.39, 0.29) is 41.9 Å². The molecule has 32 heavy (non-hydrogen) atoms. The predicted octanol–water partition coefficient (Wildman–Crippen LogP) is 2.53. The van der Waals surface area contributed by atoms with E-state index in [0.717, 1.165) is 25.0 Å². The van der Waals surface area contributed by atoms with Crippen molar-refractivity contribution in [1.82, 2.24) is 15.3 Å². The number of rotatable bonds is 8. The second-order valence-electron chi connectivity index (χ2n) is 7.53. The lowest BCUT2D eigenvalue weighted by molar-refractivity contribution is -0.117. The number of aromatic nitrogens is 2. The fourth-order valence-electron chi connectivity index (χ4n) is 3.34. The monoisotopic (exact) mass is 442 g/mol. The maximum Gasteiger partial charge on any atom is 0.251 e. The summed E-state index contributed by atoms with van der Waals surface area (Å²) in [6.07, 6.45) is 4.61. The molecule has 0 spiro atoms. The number of carbonyl (C=O) groups is 3. The highest BCUT2D eigenvalue weighted by Crippen LogP contribution is 2.32. The van der Waals surface area contributed by atoms with Crippen molar-refractivity contribution >= 4 is 34.3 Å². The Balaban J connectivity index is 1.63. The number of fused-ring (bicyclic) bond motifs is 1. The first-order chi connectivity index (χ1) is 15.4. The van der Waals surface area contributed by atoms with Gasteiger partial charge in [0.2, 0.25) is 11.7 Å². The van der Waals surface area contributed by atoms with Gasteiger partial charge in [0, 0.05) is 48.0 Å². The summed E-state index contributed by atoms with van der Waals surface area (Å²) in [6, 6.07) is 3.09. The minimum Gasteiger partial charge on any atom is -0.396 e. The summed E-state index contributed by atoms with van der Waals surface area (Å²) in [6.45, 7) is 0.00477. The van der Waals surface area contributed by atoms with Crippen LogP contribution in [-0.2, 0) is 4.79 Å². The number of amides is 2. The van der Waals surface area contributed by atoms with E-state index >= 15 is 0 Å². The number of nitrogens with one attached hydrogen (secondary N) is 3. The summed E-state index contributed by atoms with van der Waals surface area (Å²) in [5.74, 6) is -3.97. The number of benzene rings is 1. The Morgan fingerprint density at radius 3 is 2.56 bits per heavy atom. The molecule has 4 N–H and O–H groups in total. The fourth-order valence-corrected chi connectivity index (χ4v) is 3.34. The molecule has 10 heteroatoms. The molecule has 1 aliphatic carbocycles. The maximum atomic E-state index is 14.7. The Hall–Kier alpha value is -3.66. The molecule has 8 nitrogen and oxygen atoms in total. The molecule has 4 rings (SSSR count). The third-order valence-electron chi connectivity index (χ3n) is 5.19. The van der Waals surface area contributed by atoms with Crippen molar-refractivity contribution in [3.05, 3.63) is 58.9 Å². The van der Waals surface area contributed by atoms with Crippen LogP contribution in [-0.4, -0.2) is 45.8 Å². The number of carbonyl (C=O) groups excluding carboxylic acids is 3. The first-order valence-electron chi connectivity index (χ1n) is 10.1. The fraction of sp³-hybridized carbons (Fsp3) is 0.273. The second kappa shape index (κ2) is 8.83. The number of pyridine rings is 1. The number of ketones is 1. The van der Waals surface area contributed by atoms with Crippen LogP contribution in [0.4, 0.5) is 14.6 Å². The SMILES string of the molecule is O=C(NCCCO)c1cc(F)c(C(=O)c2c[nH]c3c(NC(=O)C4CC4)nccc23)c(F)c1. The van der Waals surface area contributed by atoms with Crippen molar-refractivity contribution in [3.8, 4) is 0 Å². The van der Waals surface area contributed by atoms with Crippen LogP contribution >= 0.6 is 0 Å². The smallest absolute Gasteiger partial charge is 0.251 e.